The second-order valence-corrected chi connectivity index (χ2v) is 6.50. The SMILES string of the molecule is Cc1cc2nc3c(=O)[nH]c(=O)nc-3n(C[13C@H](O)[13C@H](O)[13C@H](O)[13CH2]O)c2cc1C. The lowest BCUT2D eigenvalue weighted by molar-refractivity contribution is -0.0802. The number of hydrogen-bond acceptors (Lipinski definition) is 8. The highest BCUT2D eigenvalue weighted by Crippen LogP contribution is 2.24. The minimum Gasteiger partial charge on any atom is -0.394 e. The Balaban J connectivity index is 2.28. The summed E-state index contributed by atoms with van der Waals surface area (Å²) < 4.78 is 1.40. The summed E-state index contributed by atoms with van der Waals surface area (Å²) in [6.45, 7) is 2.73. The van der Waals surface area contributed by atoms with E-state index in [1.54, 1.807) is 12.1 Å². The highest BCUT2D eigenvalue weighted by molar-refractivity contribution is 5.81. The van der Waals surface area contributed by atoms with Crippen LogP contribution in [0.4, 0.5) is 0 Å². The fourth-order valence-corrected chi connectivity index (χ4v) is 2.89. The normalized spacial score (nSPS) is 15.2. The van der Waals surface area contributed by atoms with E-state index in [0.717, 1.165) is 11.1 Å². The van der Waals surface area contributed by atoms with Crippen molar-refractivity contribution in [1.29, 1.82) is 0 Å². The maximum absolute atomic E-state index is 12.2. The van der Waals surface area contributed by atoms with Crippen molar-refractivity contribution in [1.82, 2.24) is 19.5 Å². The lowest BCUT2D eigenvalue weighted by Gasteiger charge is -2.25. The molecule has 1 aromatic rings. The van der Waals surface area contributed by atoms with Crippen molar-refractivity contribution >= 4 is 11.0 Å². The largest absolute Gasteiger partial charge is 0.394 e. The van der Waals surface area contributed by atoms with Crippen LogP contribution >= 0.6 is 0 Å². The summed E-state index contributed by atoms with van der Waals surface area (Å²) in [6.07, 6.45) is -4.68. The van der Waals surface area contributed by atoms with Gasteiger partial charge >= 0.3 is 5.69 Å². The number of fused-ring (bicyclic) bond motifs is 2. The first-order chi connectivity index (χ1) is 12.7. The summed E-state index contributed by atoms with van der Waals surface area (Å²) in [6, 6.07) is 3.53. The fourth-order valence-electron chi connectivity index (χ4n) is 2.89. The van der Waals surface area contributed by atoms with Gasteiger partial charge in [0.25, 0.3) is 5.56 Å². The van der Waals surface area contributed by atoms with Crippen LogP contribution in [0.1, 0.15) is 11.1 Å². The van der Waals surface area contributed by atoms with E-state index in [1.807, 2.05) is 13.8 Å². The molecule has 0 fully saturated rings. The van der Waals surface area contributed by atoms with Gasteiger partial charge in [-0.2, -0.15) is 4.98 Å². The van der Waals surface area contributed by atoms with Crippen LogP contribution in [-0.2, 0) is 6.54 Å². The summed E-state index contributed by atoms with van der Waals surface area (Å²) in [5.74, 6) is -0.0516. The number of aryl methyl sites for hydroxylation is 2. The molecule has 0 amide bonds. The average molecular weight is 380 g/mol. The number of H-pyrrole nitrogens is 1. The summed E-state index contributed by atoms with van der Waals surface area (Å²) in [5, 5.41) is 38.8. The average Bonchev–Trinajstić information content (AvgIpc) is 2.62. The molecule has 144 valence electrons. The van der Waals surface area contributed by atoms with Crippen molar-refractivity contribution < 1.29 is 20.4 Å². The van der Waals surface area contributed by atoms with Crippen molar-refractivity contribution in [3.8, 4) is 11.5 Å². The van der Waals surface area contributed by atoms with E-state index in [-0.39, 0.29) is 18.1 Å². The number of aliphatic hydroxyl groups is 4. The molecular formula is C17H20N4O6. The van der Waals surface area contributed by atoms with Crippen LogP contribution in [0.3, 0.4) is 0 Å². The number of nitrogens with one attached hydrogen (secondary N) is 1. The molecule has 0 spiro atoms. The Morgan fingerprint density at radius 3 is 2.41 bits per heavy atom. The van der Waals surface area contributed by atoms with E-state index < -0.39 is 36.2 Å². The molecule has 1 aromatic carbocycles. The molecule has 2 heterocycles. The van der Waals surface area contributed by atoms with E-state index in [1.165, 1.54) is 4.57 Å². The van der Waals surface area contributed by atoms with Gasteiger partial charge in [-0.05, 0) is 37.1 Å². The molecule has 0 saturated heterocycles. The van der Waals surface area contributed by atoms with Gasteiger partial charge in [0.05, 0.1) is 24.2 Å². The Labute approximate surface area is 152 Å². The Hall–Kier alpha value is -2.66. The number of benzene rings is 1. The van der Waals surface area contributed by atoms with Crippen LogP contribution in [0.15, 0.2) is 21.7 Å². The molecule has 10 nitrogen and oxygen atoms in total. The molecule has 5 N–H and O–H groups in total. The number of hydrogen-bond donors (Lipinski definition) is 5. The first kappa shape index (κ1) is 19.1. The summed E-state index contributed by atoms with van der Waals surface area (Å²) in [7, 11) is 0. The molecule has 0 saturated carbocycles. The summed E-state index contributed by atoms with van der Waals surface area (Å²) >= 11 is 0. The van der Waals surface area contributed by atoms with Crippen LogP contribution < -0.4 is 11.2 Å². The van der Waals surface area contributed by atoms with Crippen molar-refractivity contribution in [2.75, 3.05) is 6.61 Å². The minimum absolute atomic E-state index is 0.0516. The molecule has 2 aliphatic heterocycles. The Bertz CT molecular complexity index is 1080. The second kappa shape index (κ2) is 7.16. The zero-order valence-corrected chi connectivity index (χ0v) is 14.7. The third-order valence-electron chi connectivity index (χ3n) is 4.57. The third kappa shape index (κ3) is 3.47. The van der Waals surface area contributed by atoms with Gasteiger partial charge in [0.1, 0.15) is 18.3 Å². The predicted octanol–water partition coefficient (Wildman–Crippen LogP) is -1.72. The van der Waals surface area contributed by atoms with E-state index in [2.05, 4.69) is 15.0 Å². The van der Waals surface area contributed by atoms with Crippen molar-refractivity contribution in [2.45, 2.75) is 38.7 Å². The number of nitrogens with zero attached hydrogens (tertiary/aromatic N) is 3. The lowest BCUT2D eigenvalue weighted by Crippen LogP contribution is -2.42. The van der Waals surface area contributed by atoms with Crippen molar-refractivity contribution in [2.24, 2.45) is 0 Å². The first-order valence-corrected chi connectivity index (χ1v) is 8.29. The smallest absolute Gasteiger partial charge is 0.349 e. The molecule has 0 bridgehead atoms. The molecule has 3 rings (SSSR count). The molecule has 27 heavy (non-hydrogen) atoms. The van der Waals surface area contributed by atoms with Crippen LogP contribution in [0, 0.1) is 13.8 Å². The predicted molar refractivity (Wildman–Crippen MR) is 95.6 cm³/mol. The summed E-state index contributed by atoms with van der Waals surface area (Å²) in [4.78, 5) is 34.0. The number of aliphatic hydroxyl groups excluding tert-OH is 4. The van der Waals surface area contributed by atoms with Gasteiger partial charge < -0.3 is 25.0 Å². The standard InChI is InChI=1S/C17H20N4O6/c1-7-3-9-10(4-8(7)2)21(5-11(23)14(25)12(24)6-22)15-13(18-9)16(26)20-17(27)19-15/h3-4,11-12,14,22-25H,5-6H2,1-2H3,(H,20,26,27)/t11-,12+,14-/m0/s1/i6+1,11+1,12+1,14+1. The molecule has 10 heteroatoms. The molecule has 0 unspecified atom stereocenters. The zero-order valence-electron chi connectivity index (χ0n) is 14.7. The highest BCUT2D eigenvalue weighted by Gasteiger charge is 2.27. The van der Waals surface area contributed by atoms with Crippen LogP contribution in [-0.4, -0.2) is 64.9 Å². The van der Waals surface area contributed by atoms with Gasteiger partial charge in [-0.1, -0.05) is 0 Å². The van der Waals surface area contributed by atoms with Crippen LogP contribution in [0.5, 0.6) is 0 Å². The summed E-state index contributed by atoms with van der Waals surface area (Å²) in [5.41, 5.74) is 1.11. The molecule has 0 radical (unpaired) electrons. The number of rotatable bonds is 5. The fraction of sp³-hybridized carbons (Fsp3) is 0.412. The first-order valence-electron chi connectivity index (χ1n) is 8.29. The van der Waals surface area contributed by atoms with Gasteiger partial charge in [-0.3, -0.25) is 9.78 Å². The van der Waals surface area contributed by atoms with E-state index in [0.29, 0.717) is 11.0 Å². The Morgan fingerprint density at radius 1 is 1.07 bits per heavy atom. The Kier molecular flexibility index (Phi) is 5.07. The highest BCUT2D eigenvalue weighted by atomic mass is 16.5. The molecule has 0 aliphatic carbocycles. The van der Waals surface area contributed by atoms with Gasteiger partial charge in [0.15, 0.2) is 11.5 Å². The van der Waals surface area contributed by atoms with E-state index >= 15 is 0 Å². The van der Waals surface area contributed by atoms with Gasteiger partial charge in [0, 0.05) is 0 Å². The topological polar surface area (TPSA) is 162 Å². The zero-order chi connectivity index (χ0) is 19.9. The number of aromatic amines is 1. The maximum Gasteiger partial charge on any atom is 0.349 e. The number of aromatic nitrogens is 4. The second-order valence-electron chi connectivity index (χ2n) is 6.50. The van der Waals surface area contributed by atoms with Gasteiger partial charge in [-0.15, -0.1) is 0 Å². The minimum atomic E-state index is -1.64. The molecule has 3 atom stereocenters. The van der Waals surface area contributed by atoms with Gasteiger partial charge in [-0.25, -0.2) is 9.78 Å². The Morgan fingerprint density at radius 2 is 1.74 bits per heavy atom. The molecular weight excluding hydrogens is 360 g/mol. The van der Waals surface area contributed by atoms with Gasteiger partial charge in [0.2, 0.25) is 0 Å². The van der Waals surface area contributed by atoms with E-state index in [9.17, 15) is 24.9 Å². The third-order valence-corrected chi connectivity index (χ3v) is 4.57. The monoisotopic (exact) mass is 380 g/mol. The van der Waals surface area contributed by atoms with Crippen molar-refractivity contribution in [3.05, 3.63) is 44.1 Å². The molecule has 0 aromatic heterocycles. The van der Waals surface area contributed by atoms with Crippen LogP contribution in [0.2, 0.25) is 0 Å². The quantitative estimate of drug-likeness (QED) is 0.258. The lowest BCUT2D eigenvalue weighted by atomic mass is 10.1. The molecule has 2 aliphatic rings. The maximum atomic E-state index is 12.2. The van der Waals surface area contributed by atoms with Crippen molar-refractivity contribution in [3.63, 3.8) is 0 Å². The van der Waals surface area contributed by atoms with Crippen LogP contribution in [0.25, 0.3) is 22.6 Å². The van der Waals surface area contributed by atoms with E-state index in [4.69, 9.17) is 5.11 Å².